The van der Waals surface area contributed by atoms with Crippen molar-refractivity contribution in [2.75, 3.05) is 32.9 Å². The highest BCUT2D eigenvalue weighted by Crippen LogP contribution is 2.17. The number of nitrogens with zero attached hydrogens (tertiary/aromatic N) is 2. The molecule has 0 rings (SSSR count). The first-order chi connectivity index (χ1) is 11.1. The Kier molecular flexibility index (Phi) is 12.3. The molecule has 0 atom stereocenters. The first-order valence-corrected chi connectivity index (χ1v) is 9.79. The van der Waals surface area contributed by atoms with Crippen molar-refractivity contribution in [3.63, 3.8) is 0 Å². The number of urea groups is 1. The summed E-state index contributed by atoms with van der Waals surface area (Å²) in [6, 6.07) is 0.0238. The Morgan fingerprint density at radius 2 is 1.70 bits per heavy atom. The summed E-state index contributed by atoms with van der Waals surface area (Å²) in [5.41, 5.74) is 0. The van der Waals surface area contributed by atoms with Gasteiger partial charge in [0.25, 0.3) is 0 Å². The van der Waals surface area contributed by atoms with E-state index in [-0.39, 0.29) is 13.0 Å². The third-order valence-corrected chi connectivity index (χ3v) is 5.82. The van der Waals surface area contributed by atoms with Gasteiger partial charge in [0.2, 0.25) is 6.54 Å². The van der Waals surface area contributed by atoms with E-state index in [1.165, 1.54) is 0 Å². The maximum atomic E-state index is 11.6. The van der Waals surface area contributed by atoms with E-state index in [4.69, 9.17) is 13.3 Å². The minimum atomic E-state index is -2.68. The van der Waals surface area contributed by atoms with Gasteiger partial charge in [0.1, 0.15) is 9.97 Å². The Bertz CT molecular complexity index is 364. The summed E-state index contributed by atoms with van der Waals surface area (Å²) in [6.45, 7) is 9.82. The van der Waals surface area contributed by atoms with Crippen molar-refractivity contribution < 1.29 is 32.6 Å². The Morgan fingerprint density at radius 1 is 1.13 bits per heavy atom. The first kappa shape index (κ1) is 21.6. The fourth-order valence-corrected chi connectivity index (χ4v) is 4.47. The fourth-order valence-electron chi connectivity index (χ4n) is 1.86. The van der Waals surface area contributed by atoms with Gasteiger partial charge in [0, 0.05) is 39.3 Å². The van der Waals surface area contributed by atoms with Gasteiger partial charge in [-0.3, -0.25) is 0 Å². The molecule has 0 bridgehead atoms. The van der Waals surface area contributed by atoms with Gasteiger partial charge in [0.15, 0.2) is 0 Å². The molecule has 0 unspecified atom stereocenters. The average molecular weight is 350 g/mol. The number of hydroxylamine groups is 1. The van der Waals surface area contributed by atoms with Crippen LogP contribution in [0.25, 0.3) is 0 Å². The summed E-state index contributed by atoms with van der Waals surface area (Å²) in [7, 11) is -2.68. The van der Waals surface area contributed by atoms with E-state index in [0.29, 0.717) is 38.8 Å². The third-order valence-electron chi connectivity index (χ3n) is 2.67. The highest BCUT2D eigenvalue weighted by Gasteiger charge is 2.39. The molecule has 0 aliphatic carbocycles. The summed E-state index contributed by atoms with van der Waals surface area (Å²) in [6.07, 6.45) is 0.633. The van der Waals surface area contributed by atoms with Gasteiger partial charge in [-0.1, -0.05) is 0 Å². The number of azo groups is 1. The lowest BCUT2D eigenvalue weighted by molar-refractivity contribution is -0.802. The number of carbonyl (C=O) groups is 2. The van der Waals surface area contributed by atoms with E-state index in [1.54, 1.807) is 6.92 Å². The Morgan fingerprint density at radius 3 is 2.13 bits per heavy atom. The Labute approximate surface area is 138 Å². The van der Waals surface area contributed by atoms with Gasteiger partial charge in [-0.25, -0.2) is 9.59 Å². The van der Waals surface area contributed by atoms with E-state index in [1.807, 2.05) is 20.8 Å². The van der Waals surface area contributed by atoms with Crippen molar-refractivity contribution in [3.05, 3.63) is 0 Å². The number of amides is 2. The van der Waals surface area contributed by atoms with Gasteiger partial charge in [0.05, 0.1) is 0 Å². The van der Waals surface area contributed by atoms with Crippen LogP contribution in [-0.2, 0) is 22.9 Å². The first-order valence-electron chi connectivity index (χ1n) is 7.86. The third kappa shape index (κ3) is 9.38. The molecule has 0 aliphatic heterocycles. The van der Waals surface area contributed by atoms with Crippen LogP contribution in [0.2, 0.25) is 6.04 Å². The second-order valence-electron chi connectivity index (χ2n) is 4.29. The lowest BCUT2D eigenvalue weighted by Crippen LogP contribution is -2.46. The monoisotopic (exact) mass is 350 g/mol. The molecule has 0 heterocycles. The van der Waals surface area contributed by atoms with Crippen molar-refractivity contribution in [1.82, 2.24) is 5.32 Å². The van der Waals surface area contributed by atoms with Crippen molar-refractivity contribution in [3.8, 4) is 0 Å². The van der Waals surface area contributed by atoms with Gasteiger partial charge < -0.3 is 18.6 Å². The largest absolute Gasteiger partial charge is 0.500 e. The van der Waals surface area contributed by atoms with Gasteiger partial charge in [-0.2, -0.15) is 4.84 Å². The quantitative estimate of drug-likeness (QED) is 0.136. The minimum Gasteiger partial charge on any atom is -0.374 e. The lowest BCUT2D eigenvalue weighted by Gasteiger charge is -2.28. The standard InChI is InChI=1S/C13H27N3O6Si/c1-5-16(19-12-17)15-13(18)14-10-9-11-23(20-6-2,21-7-3)22-8-4/h12H,5-11H2,1-4H3/p+1. The van der Waals surface area contributed by atoms with Crippen LogP contribution in [0.3, 0.4) is 0 Å². The second kappa shape index (κ2) is 13.1. The molecule has 2 amide bonds. The molecule has 0 saturated heterocycles. The molecule has 0 aromatic rings. The normalized spacial score (nSPS) is 12.1. The van der Waals surface area contributed by atoms with E-state index < -0.39 is 14.8 Å². The molecule has 0 spiro atoms. The predicted octanol–water partition coefficient (Wildman–Crippen LogP) is 1.71. The van der Waals surface area contributed by atoms with E-state index >= 15 is 0 Å². The van der Waals surface area contributed by atoms with Crippen LogP contribution in [-0.4, -0.2) is 59.1 Å². The predicted molar refractivity (Wildman–Crippen MR) is 83.8 cm³/mol. The Balaban J connectivity index is 4.37. The number of nitrogens with one attached hydrogen (secondary N) is 1. The molecule has 0 aliphatic rings. The zero-order valence-corrected chi connectivity index (χ0v) is 15.4. The maximum absolute atomic E-state index is 11.6. The summed E-state index contributed by atoms with van der Waals surface area (Å²) in [5.74, 6) is 0. The van der Waals surface area contributed by atoms with Crippen molar-refractivity contribution in [1.29, 1.82) is 0 Å². The number of hydrogen-bond acceptors (Lipinski definition) is 6. The molecule has 134 valence electrons. The average Bonchev–Trinajstić information content (AvgIpc) is 2.52. The number of rotatable bonds is 13. The zero-order valence-electron chi connectivity index (χ0n) is 14.4. The van der Waals surface area contributed by atoms with Crippen molar-refractivity contribution in [2.24, 2.45) is 5.11 Å². The second-order valence-corrected chi connectivity index (χ2v) is 7.02. The smallest absolute Gasteiger partial charge is 0.374 e. The van der Waals surface area contributed by atoms with Gasteiger partial charge in [-0.05, 0) is 27.2 Å². The molecular formula is C13H28N3O6Si+. The summed E-state index contributed by atoms with van der Waals surface area (Å²) < 4.78 is 17.2. The zero-order chi connectivity index (χ0) is 17.6. The molecule has 0 aromatic heterocycles. The van der Waals surface area contributed by atoms with Crippen molar-refractivity contribution in [2.45, 2.75) is 40.2 Å². The molecule has 10 heteroatoms. The van der Waals surface area contributed by atoms with Gasteiger partial charge in [-0.15, -0.1) is 0 Å². The van der Waals surface area contributed by atoms with Crippen LogP contribution in [0.15, 0.2) is 5.11 Å². The molecule has 9 nitrogen and oxygen atoms in total. The number of carbonyl (C=O) groups excluding carboxylic acids is 2. The fraction of sp³-hybridized carbons (Fsp3) is 0.846. The lowest BCUT2D eigenvalue weighted by atomic mass is 10.5. The van der Waals surface area contributed by atoms with Crippen LogP contribution in [0, 0.1) is 0 Å². The highest BCUT2D eigenvalue weighted by molar-refractivity contribution is 6.60. The SMILES string of the molecule is CCO[Si](CCCNC(=O)N=[N+](CC)OC=O)(OCC)OCC. The summed E-state index contributed by atoms with van der Waals surface area (Å²) >= 11 is 0. The van der Waals surface area contributed by atoms with Crippen LogP contribution < -0.4 is 5.32 Å². The molecular weight excluding hydrogens is 322 g/mol. The summed E-state index contributed by atoms with van der Waals surface area (Å²) in [5, 5.41) is 6.19. The highest BCUT2D eigenvalue weighted by atomic mass is 28.4. The van der Waals surface area contributed by atoms with E-state index in [0.717, 1.165) is 4.86 Å². The Hall–Kier alpha value is -1.36. The molecule has 0 fully saturated rings. The van der Waals surface area contributed by atoms with Crippen LogP contribution >= 0.6 is 0 Å². The van der Waals surface area contributed by atoms with Crippen LogP contribution in [0.5, 0.6) is 0 Å². The maximum Gasteiger partial charge on any atom is 0.500 e. The molecule has 1 N–H and O–H groups in total. The molecule has 0 saturated carbocycles. The van der Waals surface area contributed by atoms with Crippen LogP contribution in [0.4, 0.5) is 4.79 Å². The van der Waals surface area contributed by atoms with E-state index in [9.17, 15) is 9.59 Å². The molecule has 0 aromatic carbocycles. The minimum absolute atomic E-state index is 0.215. The molecule has 0 radical (unpaired) electrons. The summed E-state index contributed by atoms with van der Waals surface area (Å²) in [4.78, 5) is 27.2. The topological polar surface area (TPSA) is 98.5 Å². The van der Waals surface area contributed by atoms with Crippen molar-refractivity contribution >= 4 is 21.3 Å². The number of hydrogen-bond donors (Lipinski definition) is 1. The van der Waals surface area contributed by atoms with Gasteiger partial charge >= 0.3 is 21.3 Å². The molecule has 23 heavy (non-hydrogen) atoms. The van der Waals surface area contributed by atoms with Crippen LogP contribution in [0.1, 0.15) is 34.1 Å². The van der Waals surface area contributed by atoms with E-state index in [2.05, 4.69) is 15.3 Å².